The van der Waals surface area contributed by atoms with Crippen molar-refractivity contribution in [3.8, 4) is 5.75 Å². The van der Waals surface area contributed by atoms with Gasteiger partial charge in [-0.1, -0.05) is 22.6 Å². The fourth-order valence-corrected chi connectivity index (χ4v) is 3.90. The Morgan fingerprint density at radius 2 is 1.97 bits per heavy atom. The lowest BCUT2D eigenvalue weighted by atomic mass is 10.1. The van der Waals surface area contributed by atoms with E-state index >= 15 is 4.39 Å². The van der Waals surface area contributed by atoms with Crippen LogP contribution >= 0.6 is 22.6 Å². The summed E-state index contributed by atoms with van der Waals surface area (Å²) in [6.07, 6.45) is 1.32. The minimum atomic E-state index is -1.34. The molecule has 1 aromatic carbocycles. The highest BCUT2D eigenvalue weighted by atomic mass is 127. The number of halogens is 2. The van der Waals surface area contributed by atoms with Crippen LogP contribution in [0.25, 0.3) is 10.9 Å². The van der Waals surface area contributed by atoms with Crippen molar-refractivity contribution in [2.24, 2.45) is 0 Å². The van der Waals surface area contributed by atoms with Gasteiger partial charge in [-0.2, -0.15) is 0 Å². The molecule has 0 amide bonds. The molecule has 3 rings (SSSR count). The van der Waals surface area contributed by atoms with Gasteiger partial charge in [0.2, 0.25) is 5.43 Å². The van der Waals surface area contributed by atoms with Gasteiger partial charge in [-0.3, -0.25) is 4.79 Å². The Hall–Kier alpha value is -1.88. The van der Waals surface area contributed by atoms with Crippen LogP contribution in [0.2, 0.25) is 0 Å². The number of hydrogen-bond acceptors (Lipinski definition) is 5. The van der Waals surface area contributed by atoms with E-state index in [9.17, 15) is 14.7 Å². The fraction of sp³-hybridized carbons (Fsp3) is 0.500. The van der Waals surface area contributed by atoms with Crippen LogP contribution in [0.1, 0.15) is 42.1 Å². The predicted molar refractivity (Wildman–Crippen MR) is 119 cm³/mol. The average molecular weight is 517 g/mol. The predicted octanol–water partition coefficient (Wildman–Crippen LogP) is 3.38. The second-order valence-corrected chi connectivity index (χ2v) is 9.84. The summed E-state index contributed by atoms with van der Waals surface area (Å²) < 4.78 is 23.0. The number of anilines is 1. The zero-order valence-electron chi connectivity index (χ0n) is 16.9. The molecule has 1 unspecified atom stereocenters. The maximum Gasteiger partial charge on any atom is 0.341 e. The molecule has 0 bridgehead atoms. The number of nitrogens with one attached hydrogen (secondary N) is 1. The van der Waals surface area contributed by atoms with Gasteiger partial charge in [-0.25, -0.2) is 9.18 Å². The van der Waals surface area contributed by atoms with Crippen molar-refractivity contribution in [1.82, 2.24) is 9.88 Å². The van der Waals surface area contributed by atoms with E-state index in [-0.39, 0.29) is 15.2 Å². The highest BCUT2D eigenvalue weighted by molar-refractivity contribution is 14.1. The van der Waals surface area contributed by atoms with E-state index in [4.69, 9.17) is 4.74 Å². The molecule has 1 fully saturated rings. The van der Waals surface area contributed by atoms with Gasteiger partial charge in [0.1, 0.15) is 16.9 Å². The maximum atomic E-state index is 15.3. The molecule has 0 saturated carbocycles. The van der Waals surface area contributed by atoms with E-state index in [0.717, 1.165) is 6.07 Å². The van der Waals surface area contributed by atoms with Crippen molar-refractivity contribution >= 4 is 45.2 Å². The summed E-state index contributed by atoms with van der Waals surface area (Å²) in [7, 11) is 0. The number of benzene rings is 1. The molecule has 1 saturated heterocycles. The third-order valence-electron chi connectivity index (χ3n) is 4.65. The molecule has 2 heterocycles. The number of aromatic nitrogens is 1. The molecule has 2 aromatic rings. The van der Waals surface area contributed by atoms with Gasteiger partial charge in [0.15, 0.2) is 11.6 Å². The normalized spacial score (nSPS) is 16.1. The molecule has 0 spiro atoms. The third kappa shape index (κ3) is 4.35. The van der Waals surface area contributed by atoms with Gasteiger partial charge in [-0.05, 0) is 33.8 Å². The molecule has 9 heteroatoms. The Morgan fingerprint density at radius 1 is 1.34 bits per heavy atom. The lowest BCUT2D eigenvalue weighted by Gasteiger charge is -2.34. The first-order chi connectivity index (χ1) is 13.5. The topological polar surface area (TPSA) is 83.8 Å². The number of carboxylic acid groups (broad SMARTS) is 1. The van der Waals surface area contributed by atoms with Gasteiger partial charge in [0.05, 0.1) is 15.0 Å². The molecule has 7 nitrogen and oxygen atoms in total. The van der Waals surface area contributed by atoms with Crippen molar-refractivity contribution in [1.29, 1.82) is 0 Å². The quantitative estimate of drug-likeness (QED) is 0.478. The Balaban J connectivity index is 2.46. The number of fused-ring (bicyclic) bond motifs is 1. The number of rotatable bonds is 4. The minimum absolute atomic E-state index is 0.00375. The SMILES string of the molecule is CC(I)n1cc(C(=O)O)c(=O)c2cc(F)c(N3CCNCC3)c(OC(C)(C)C)c21. The second kappa shape index (κ2) is 8.10. The molecular formula is C20H25FIN3O4. The standard InChI is InChI=1S/C20H25FIN3O4/c1-11(22)25-10-13(19(27)28)17(26)12-9-14(21)16(24-7-5-23-6-8-24)18(15(12)25)29-20(2,3)4/h9-11,23H,5-8H2,1-4H3,(H,27,28). The van der Waals surface area contributed by atoms with Crippen LogP contribution in [0.5, 0.6) is 5.75 Å². The number of aromatic carboxylic acids is 1. The van der Waals surface area contributed by atoms with Crippen LogP contribution in [0.15, 0.2) is 17.1 Å². The van der Waals surface area contributed by atoms with E-state index in [0.29, 0.717) is 37.4 Å². The van der Waals surface area contributed by atoms with Gasteiger partial charge in [0, 0.05) is 32.4 Å². The van der Waals surface area contributed by atoms with Crippen LogP contribution in [0.4, 0.5) is 10.1 Å². The second-order valence-electron chi connectivity index (χ2n) is 8.04. The third-order valence-corrected chi connectivity index (χ3v) is 5.25. The first kappa shape index (κ1) is 21.8. The Morgan fingerprint density at radius 3 is 2.48 bits per heavy atom. The zero-order valence-corrected chi connectivity index (χ0v) is 19.0. The highest BCUT2D eigenvalue weighted by Crippen LogP contribution is 2.41. The van der Waals surface area contributed by atoms with Crippen molar-refractivity contribution in [2.75, 3.05) is 31.1 Å². The minimum Gasteiger partial charge on any atom is -0.484 e. The Kier molecular flexibility index (Phi) is 6.09. The van der Waals surface area contributed by atoms with E-state index in [1.54, 1.807) is 4.57 Å². The molecule has 1 atom stereocenters. The summed E-state index contributed by atoms with van der Waals surface area (Å²) in [6.45, 7) is 10.0. The molecule has 2 N–H and O–H groups in total. The van der Waals surface area contributed by atoms with Crippen LogP contribution in [0.3, 0.4) is 0 Å². The van der Waals surface area contributed by atoms with Gasteiger partial charge >= 0.3 is 5.97 Å². The monoisotopic (exact) mass is 517 g/mol. The van der Waals surface area contributed by atoms with Crippen LogP contribution in [-0.2, 0) is 0 Å². The largest absolute Gasteiger partial charge is 0.484 e. The number of piperazine rings is 1. The molecule has 0 radical (unpaired) electrons. The van der Waals surface area contributed by atoms with E-state index in [1.807, 2.05) is 32.6 Å². The van der Waals surface area contributed by atoms with Crippen LogP contribution in [0, 0.1) is 5.82 Å². The number of ether oxygens (including phenoxy) is 1. The van der Waals surface area contributed by atoms with E-state index in [2.05, 4.69) is 27.9 Å². The van der Waals surface area contributed by atoms with Crippen molar-refractivity contribution < 1.29 is 19.0 Å². The first-order valence-corrected chi connectivity index (χ1v) is 10.7. The molecule has 1 aromatic heterocycles. The molecular weight excluding hydrogens is 492 g/mol. The summed E-state index contributed by atoms with van der Waals surface area (Å²) in [6, 6.07) is 1.15. The van der Waals surface area contributed by atoms with Crippen LogP contribution in [-0.4, -0.2) is 47.4 Å². The van der Waals surface area contributed by atoms with Crippen molar-refractivity contribution in [3.63, 3.8) is 0 Å². The summed E-state index contributed by atoms with van der Waals surface area (Å²) in [5, 5.41) is 12.7. The summed E-state index contributed by atoms with van der Waals surface area (Å²) in [5.41, 5.74) is -1.04. The smallest absolute Gasteiger partial charge is 0.341 e. The van der Waals surface area contributed by atoms with E-state index in [1.165, 1.54) is 6.20 Å². The number of carbonyl (C=O) groups is 1. The Labute approximate surface area is 182 Å². The number of hydrogen-bond donors (Lipinski definition) is 2. The van der Waals surface area contributed by atoms with Crippen molar-refractivity contribution in [3.05, 3.63) is 33.9 Å². The molecule has 0 aliphatic carbocycles. The number of pyridine rings is 1. The number of carboxylic acids is 1. The van der Waals surface area contributed by atoms with Gasteiger partial charge in [-0.15, -0.1) is 0 Å². The van der Waals surface area contributed by atoms with Crippen molar-refractivity contribution in [2.45, 2.75) is 37.3 Å². The summed E-state index contributed by atoms with van der Waals surface area (Å²) in [4.78, 5) is 26.4. The average Bonchev–Trinajstić information content (AvgIpc) is 2.61. The maximum absolute atomic E-state index is 15.3. The molecule has 158 valence electrons. The zero-order chi connectivity index (χ0) is 21.5. The molecule has 1 aliphatic rings. The lowest BCUT2D eigenvalue weighted by Crippen LogP contribution is -2.44. The summed E-state index contributed by atoms with van der Waals surface area (Å²) in [5.74, 6) is -1.66. The van der Waals surface area contributed by atoms with E-state index < -0.39 is 28.4 Å². The Bertz CT molecular complexity index is 1010. The number of nitrogens with zero attached hydrogens (tertiary/aromatic N) is 2. The highest BCUT2D eigenvalue weighted by Gasteiger charge is 2.29. The number of alkyl halides is 1. The lowest BCUT2D eigenvalue weighted by molar-refractivity contribution is 0.0694. The first-order valence-electron chi connectivity index (χ1n) is 9.44. The van der Waals surface area contributed by atoms with Gasteiger partial charge < -0.3 is 24.6 Å². The summed E-state index contributed by atoms with van der Waals surface area (Å²) >= 11 is 2.13. The van der Waals surface area contributed by atoms with Gasteiger partial charge in [0.25, 0.3) is 0 Å². The molecule has 1 aliphatic heterocycles. The molecule has 29 heavy (non-hydrogen) atoms. The fourth-order valence-electron chi connectivity index (χ4n) is 3.46. The van der Waals surface area contributed by atoms with Crippen LogP contribution < -0.4 is 20.4 Å².